The minimum atomic E-state index is -0.0382. The Kier molecular flexibility index (Phi) is 9.11. The summed E-state index contributed by atoms with van der Waals surface area (Å²) in [6, 6.07) is 0. The molecule has 206 valence electrons. The number of aliphatic hydroxyl groups is 1. The molecule has 0 aromatic carbocycles. The first-order chi connectivity index (χ1) is 17.3. The molecule has 5 rings (SSSR count). The molecular formula is C33H58N2O. The molecule has 0 saturated heterocycles. The van der Waals surface area contributed by atoms with E-state index in [1.54, 1.807) is 0 Å². The molecule has 36 heavy (non-hydrogen) atoms. The molecule has 0 aromatic rings. The van der Waals surface area contributed by atoms with Crippen LogP contribution in [0.5, 0.6) is 0 Å². The van der Waals surface area contributed by atoms with Gasteiger partial charge < -0.3 is 5.11 Å². The van der Waals surface area contributed by atoms with E-state index in [1.807, 2.05) is 13.8 Å². The molecule has 0 amide bonds. The number of nitrogens with zero attached hydrogens (tertiary/aromatic N) is 2. The summed E-state index contributed by atoms with van der Waals surface area (Å²) in [5.41, 5.74) is 3.50. The van der Waals surface area contributed by atoms with E-state index in [0.29, 0.717) is 10.8 Å². The smallest absolute Gasteiger partial charge is 0.0543 e. The molecule has 3 nitrogen and oxygen atoms in total. The Balaban J connectivity index is 0.00000148. The maximum absolute atomic E-state index is 10.5. The van der Waals surface area contributed by atoms with Gasteiger partial charge in [0.05, 0.1) is 6.10 Å². The fourth-order valence-corrected chi connectivity index (χ4v) is 9.92. The van der Waals surface area contributed by atoms with Crippen molar-refractivity contribution >= 4 is 11.4 Å². The Bertz CT molecular complexity index is 800. The summed E-state index contributed by atoms with van der Waals surface area (Å²) in [4.78, 5) is 0. The summed E-state index contributed by atoms with van der Waals surface area (Å²) in [6.07, 6.45) is 18.3. The third kappa shape index (κ3) is 5.39. The topological polar surface area (TPSA) is 45.0 Å². The van der Waals surface area contributed by atoms with Gasteiger partial charge in [-0.15, -0.1) is 0 Å². The molecular weight excluding hydrogens is 440 g/mol. The van der Waals surface area contributed by atoms with Crippen molar-refractivity contribution in [2.45, 2.75) is 144 Å². The summed E-state index contributed by atoms with van der Waals surface area (Å²) < 4.78 is 0. The van der Waals surface area contributed by atoms with Crippen LogP contribution in [0.4, 0.5) is 0 Å². The van der Waals surface area contributed by atoms with Crippen molar-refractivity contribution in [3.8, 4) is 0 Å². The number of aliphatic hydroxyl groups excluding tert-OH is 1. The van der Waals surface area contributed by atoms with Gasteiger partial charge in [0.1, 0.15) is 0 Å². The van der Waals surface area contributed by atoms with Gasteiger partial charge in [0.15, 0.2) is 0 Å². The van der Waals surface area contributed by atoms with Crippen LogP contribution in [0, 0.1) is 52.3 Å². The normalized spacial score (nSPS) is 44.7. The standard InChI is InChI=1S/C31H52N2O.C2H6/c1-6-22-18-26-27-13-12-24(9-7-8-20(2)32-33-21(3)23-10-11-23)30(27,4)17-15-28(26)31(5)16-14-25(34)19-29(22)31;1-2/h22-29,34H,6-19H2,1-5H3;1-2H3/b32-20+,33-21+;/t22-,24?,25+,26?,27?,28-,29?,30?,31?;/m0./s1. The van der Waals surface area contributed by atoms with Gasteiger partial charge in [-0.25, -0.2) is 0 Å². The minimum absolute atomic E-state index is 0.0382. The van der Waals surface area contributed by atoms with Crippen molar-refractivity contribution < 1.29 is 5.11 Å². The van der Waals surface area contributed by atoms with Gasteiger partial charge in [-0.05, 0) is 150 Å². The first-order valence-electron chi connectivity index (χ1n) is 16.0. The highest BCUT2D eigenvalue weighted by atomic mass is 16.3. The molecule has 0 aromatic heterocycles. The van der Waals surface area contributed by atoms with Crippen LogP contribution in [0.3, 0.4) is 0 Å². The zero-order chi connectivity index (χ0) is 26.1. The van der Waals surface area contributed by atoms with Gasteiger partial charge >= 0.3 is 0 Å². The number of rotatable bonds is 7. The van der Waals surface area contributed by atoms with Crippen molar-refractivity contribution in [3.63, 3.8) is 0 Å². The Morgan fingerprint density at radius 3 is 2.22 bits per heavy atom. The molecule has 5 saturated carbocycles. The zero-order valence-electron chi connectivity index (χ0n) is 24.9. The summed E-state index contributed by atoms with van der Waals surface area (Å²) in [7, 11) is 0. The lowest BCUT2D eigenvalue weighted by Gasteiger charge is -2.63. The van der Waals surface area contributed by atoms with E-state index in [9.17, 15) is 5.11 Å². The van der Waals surface area contributed by atoms with E-state index in [-0.39, 0.29) is 6.10 Å². The predicted octanol–water partition coefficient (Wildman–Crippen LogP) is 9.09. The van der Waals surface area contributed by atoms with Crippen LogP contribution >= 0.6 is 0 Å². The monoisotopic (exact) mass is 498 g/mol. The molecule has 6 unspecified atom stereocenters. The third-order valence-electron chi connectivity index (χ3n) is 12.2. The highest BCUT2D eigenvalue weighted by Gasteiger charge is 2.61. The number of hydrogen-bond donors (Lipinski definition) is 1. The SMILES string of the molecule is CC.CC[C@H]1CC2C3CCC(CCC/C(C)=N/N=C(\C)C4CC4)C3(C)CC[C@@H]2C2(C)CC[C@@H](O)CC12. The summed E-state index contributed by atoms with van der Waals surface area (Å²) in [5, 5.41) is 19.6. The van der Waals surface area contributed by atoms with Gasteiger partial charge in [-0.2, -0.15) is 10.2 Å². The number of hydrogen-bond acceptors (Lipinski definition) is 3. The maximum Gasteiger partial charge on any atom is 0.0543 e. The van der Waals surface area contributed by atoms with Gasteiger partial charge in [0, 0.05) is 11.4 Å². The average Bonchev–Trinajstić information content (AvgIpc) is 3.67. The first-order valence-corrected chi connectivity index (χ1v) is 16.0. The number of fused-ring (bicyclic) bond motifs is 5. The third-order valence-corrected chi connectivity index (χ3v) is 12.2. The molecule has 0 aliphatic heterocycles. The van der Waals surface area contributed by atoms with Crippen LogP contribution in [-0.2, 0) is 0 Å². The summed E-state index contributed by atoms with van der Waals surface area (Å²) >= 11 is 0. The molecule has 0 bridgehead atoms. The van der Waals surface area contributed by atoms with Crippen LogP contribution in [0.1, 0.15) is 138 Å². The highest BCUT2D eigenvalue weighted by Crippen LogP contribution is 2.69. The van der Waals surface area contributed by atoms with E-state index >= 15 is 0 Å². The van der Waals surface area contributed by atoms with E-state index in [2.05, 4.69) is 44.8 Å². The molecule has 0 radical (unpaired) electrons. The maximum atomic E-state index is 10.5. The molecule has 9 atom stereocenters. The van der Waals surface area contributed by atoms with E-state index in [1.165, 1.54) is 82.1 Å². The summed E-state index contributed by atoms with van der Waals surface area (Å²) in [5.74, 6) is 6.01. The van der Waals surface area contributed by atoms with Gasteiger partial charge in [0.25, 0.3) is 0 Å². The van der Waals surface area contributed by atoms with Crippen molar-refractivity contribution in [1.29, 1.82) is 0 Å². The van der Waals surface area contributed by atoms with Gasteiger partial charge in [-0.1, -0.05) is 41.0 Å². The van der Waals surface area contributed by atoms with Gasteiger partial charge in [-0.3, -0.25) is 0 Å². The molecule has 3 heteroatoms. The molecule has 5 aliphatic carbocycles. The van der Waals surface area contributed by atoms with E-state index in [4.69, 9.17) is 0 Å². The molecule has 5 fully saturated rings. The van der Waals surface area contributed by atoms with Crippen LogP contribution in [0.15, 0.2) is 10.2 Å². The minimum Gasteiger partial charge on any atom is -0.393 e. The molecule has 5 aliphatic rings. The quantitative estimate of drug-likeness (QED) is 0.276. The van der Waals surface area contributed by atoms with E-state index in [0.717, 1.165) is 60.7 Å². The Morgan fingerprint density at radius 1 is 0.833 bits per heavy atom. The lowest BCUT2D eigenvalue weighted by atomic mass is 9.42. The van der Waals surface area contributed by atoms with Crippen LogP contribution in [0.25, 0.3) is 0 Å². The first kappa shape index (κ1) is 28.3. The second-order valence-electron chi connectivity index (χ2n) is 13.9. The predicted molar refractivity (Wildman–Crippen MR) is 155 cm³/mol. The lowest BCUT2D eigenvalue weighted by Crippen LogP contribution is -2.56. The van der Waals surface area contributed by atoms with E-state index < -0.39 is 0 Å². The van der Waals surface area contributed by atoms with Crippen molar-refractivity contribution in [3.05, 3.63) is 0 Å². The average molecular weight is 499 g/mol. The van der Waals surface area contributed by atoms with Crippen LogP contribution in [0.2, 0.25) is 0 Å². The van der Waals surface area contributed by atoms with Crippen LogP contribution < -0.4 is 0 Å². The Hall–Kier alpha value is -0.700. The van der Waals surface area contributed by atoms with Crippen LogP contribution in [-0.4, -0.2) is 22.6 Å². The summed E-state index contributed by atoms with van der Waals surface area (Å²) in [6.45, 7) is 16.1. The largest absolute Gasteiger partial charge is 0.393 e. The van der Waals surface area contributed by atoms with Crippen molar-refractivity contribution in [2.24, 2.45) is 62.5 Å². The second kappa shape index (κ2) is 11.6. The fourth-order valence-electron chi connectivity index (χ4n) is 9.92. The van der Waals surface area contributed by atoms with Crippen molar-refractivity contribution in [1.82, 2.24) is 0 Å². The zero-order valence-corrected chi connectivity index (χ0v) is 24.9. The fraction of sp³-hybridized carbons (Fsp3) is 0.939. The van der Waals surface area contributed by atoms with Crippen molar-refractivity contribution in [2.75, 3.05) is 0 Å². The Morgan fingerprint density at radius 2 is 1.53 bits per heavy atom. The molecule has 1 N–H and O–H groups in total. The Labute approximate surface area is 223 Å². The molecule has 0 spiro atoms. The highest BCUT2D eigenvalue weighted by molar-refractivity contribution is 5.88. The van der Waals surface area contributed by atoms with Gasteiger partial charge in [0.2, 0.25) is 0 Å². The second-order valence-corrected chi connectivity index (χ2v) is 13.9. The lowest BCUT2D eigenvalue weighted by molar-refractivity contribution is -0.150. The molecule has 0 heterocycles.